The average Bonchev–Trinajstić information content (AvgIpc) is 2.81. The minimum absolute atomic E-state index is 0.0283. The Bertz CT molecular complexity index is 623. The van der Waals surface area contributed by atoms with Gasteiger partial charge in [0.05, 0.1) is 0 Å². The van der Waals surface area contributed by atoms with Crippen LogP contribution in [0.1, 0.15) is 19.7 Å². The molecule has 0 saturated carbocycles. The van der Waals surface area contributed by atoms with Gasteiger partial charge in [-0.1, -0.05) is 0 Å². The first kappa shape index (κ1) is 18.1. The molecule has 0 fully saturated rings. The zero-order chi connectivity index (χ0) is 17.4. The lowest BCUT2D eigenvalue weighted by Gasteiger charge is -2.05. The molecule has 0 N–H and O–H groups in total. The van der Waals surface area contributed by atoms with Crippen LogP contribution in [-0.4, -0.2) is 57.1 Å². The van der Waals surface area contributed by atoms with E-state index in [2.05, 4.69) is 9.72 Å². The number of aromatic nitrogens is 2. The molecule has 1 rings (SSSR count). The van der Waals surface area contributed by atoms with Crippen molar-refractivity contribution in [1.29, 1.82) is 0 Å². The Hall–Kier alpha value is -2.98. The summed E-state index contributed by atoms with van der Waals surface area (Å²) in [5.74, 6) is -1.35. The zero-order valence-electron chi connectivity index (χ0n) is 12.6. The molecule has 0 bridgehead atoms. The summed E-state index contributed by atoms with van der Waals surface area (Å²) in [5, 5.41) is 22.6. The Kier molecular flexibility index (Phi) is 6.65. The van der Waals surface area contributed by atoms with Gasteiger partial charge in [0.15, 0.2) is 13.2 Å². The number of rotatable bonds is 8. The molecule has 126 valence electrons. The topological polar surface area (TPSA) is 140 Å². The molecule has 0 saturated heterocycles. The van der Waals surface area contributed by atoms with Gasteiger partial charge in [-0.2, -0.15) is 4.57 Å². The van der Waals surface area contributed by atoms with Gasteiger partial charge in [0.2, 0.25) is 6.21 Å². The molecule has 0 aromatic carbocycles. The number of carbonyl (C=O) groups is 2. The van der Waals surface area contributed by atoms with Crippen LogP contribution >= 0.6 is 0 Å². The lowest BCUT2D eigenvalue weighted by atomic mass is 10.5. The third-order valence-electron chi connectivity index (χ3n) is 2.55. The fourth-order valence-corrected chi connectivity index (χ4v) is 1.61. The van der Waals surface area contributed by atoms with Crippen LogP contribution in [0, 0.1) is 15.3 Å². The van der Waals surface area contributed by atoms with E-state index in [0.29, 0.717) is 4.74 Å². The van der Waals surface area contributed by atoms with Gasteiger partial charge in [0.1, 0.15) is 19.3 Å². The fraction of sp³-hybridized carbons (Fsp3) is 0.500. The largest absolute Gasteiger partial charge is 0.624 e. The molecule has 0 spiro atoms. The summed E-state index contributed by atoms with van der Waals surface area (Å²) in [6.45, 7) is 2.03. The highest BCUT2D eigenvalue weighted by Crippen LogP contribution is 2.12. The van der Waals surface area contributed by atoms with Crippen molar-refractivity contribution in [3.05, 3.63) is 27.3 Å². The van der Waals surface area contributed by atoms with E-state index in [4.69, 9.17) is 4.74 Å². The standard InChI is InChI=1S/C12H16N4O7/c1-9(17)22-5-3-14(19)8-11-13-7-12(16(20)21)15(11)4-6-23-10(2)18/h7-8H,3-6H2,1-2H3. The summed E-state index contributed by atoms with van der Waals surface area (Å²) in [6, 6.07) is 0. The van der Waals surface area contributed by atoms with Crippen molar-refractivity contribution in [2.75, 3.05) is 19.8 Å². The molecule has 1 heterocycles. The van der Waals surface area contributed by atoms with E-state index in [-0.39, 0.29) is 37.9 Å². The summed E-state index contributed by atoms with van der Waals surface area (Å²) in [7, 11) is 0. The molecule has 0 unspecified atom stereocenters. The van der Waals surface area contributed by atoms with Gasteiger partial charge in [-0.05, 0) is 4.92 Å². The molecule has 0 aliphatic heterocycles. The number of nitrogens with zero attached hydrogens (tertiary/aromatic N) is 4. The second-order valence-electron chi connectivity index (χ2n) is 4.33. The number of hydrogen-bond donors (Lipinski definition) is 0. The monoisotopic (exact) mass is 328 g/mol. The Morgan fingerprint density at radius 1 is 1.26 bits per heavy atom. The summed E-state index contributed by atoms with van der Waals surface area (Å²) >= 11 is 0. The minimum Gasteiger partial charge on any atom is -0.624 e. The molecule has 0 atom stereocenters. The maximum atomic E-state index is 11.7. The molecule has 0 amide bonds. The van der Waals surface area contributed by atoms with Crippen molar-refractivity contribution < 1.29 is 28.7 Å². The predicted molar refractivity (Wildman–Crippen MR) is 75.8 cm³/mol. The molecular weight excluding hydrogens is 312 g/mol. The second kappa shape index (κ2) is 8.46. The van der Waals surface area contributed by atoms with Crippen LogP contribution in [0.25, 0.3) is 0 Å². The molecule has 0 aliphatic carbocycles. The zero-order valence-corrected chi connectivity index (χ0v) is 12.6. The Morgan fingerprint density at radius 3 is 2.43 bits per heavy atom. The first-order valence-corrected chi connectivity index (χ1v) is 6.56. The third-order valence-corrected chi connectivity index (χ3v) is 2.55. The number of nitro groups is 1. The van der Waals surface area contributed by atoms with Gasteiger partial charge in [0, 0.05) is 13.8 Å². The van der Waals surface area contributed by atoms with E-state index in [1.165, 1.54) is 13.8 Å². The number of carbonyl (C=O) groups excluding carboxylic acids is 2. The summed E-state index contributed by atoms with van der Waals surface area (Å²) in [6.07, 6.45) is 2.03. The lowest BCUT2D eigenvalue weighted by molar-refractivity contribution is -0.455. The Labute approximate surface area is 130 Å². The van der Waals surface area contributed by atoms with Crippen molar-refractivity contribution in [3.63, 3.8) is 0 Å². The number of hydrogen-bond acceptors (Lipinski definition) is 8. The van der Waals surface area contributed by atoms with Crippen LogP contribution in [0.2, 0.25) is 0 Å². The van der Waals surface area contributed by atoms with Crippen molar-refractivity contribution in [2.45, 2.75) is 20.4 Å². The number of imidazole rings is 1. The Morgan fingerprint density at radius 2 is 1.87 bits per heavy atom. The van der Waals surface area contributed by atoms with Gasteiger partial charge in [-0.25, -0.2) is 9.72 Å². The maximum absolute atomic E-state index is 11.7. The van der Waals surface area contributed by atoms with Crippen LogP contribution in [0.3, 0.4) is 0 Å². The van der Waals surface area contributed by atoms with E-state index in [9.17, 15) is 24.9 Å². The van der Waals surface area contributed by atoms with E-state index >= 15 is 0 Å². The third kappa shape index (κ3) is 6.11. The summed E-state index contributed by atoms with van der Waals surface area (Å²) in [4.78, 5) is 35.4. The smallest absolute Gasteiger partial charge is 0.343 e. The van der Waals surface area contributed by atoms with Crippen molar-refractivity contribution in [1.82, 2.24) is 9.55 Å². The average molecular weight is 328 g/mol. The molecule has 11 heteroatoms. The molecule has 1 aromatic rings. The van der Waals surface area contributed by atoms with Crippen LogP contribution in [-0.2, 0) is 25.6 Å². The van der Waals surface area contributed by atoms with Gasteiger partial charge in [-0.3, -0.25) is 9.59 Å². The van der Waals surface area contributed by atoms with E-state index < -0.39 is 16.9 Å². The molecule has 11 nitrogen and oxygen atoms in total. The highest BCUT2D eigenvalue weighted by molar-refractivity contribution is 5.71. The molecule has 23 heavy (non-hydrogen) atoms. The molecule has 1 aromatic heterocycles. The van der Waals surface area contributed by atoms with Gasteiger partial charge in [0.25, 0.3) is 5.82 Å². The van der Waals surface area contributed by atoms with Crippen molar-refractivity contribution >= 4 is 24.0 Å². The summed E-state index contributed by atoms with van der Waals surface area (Å²) in [5.41, 5.74) is 0. The molecular formula is C12H16N4O7. The van der Waals surface area contributed by atoms with Crippen molar-refractivity contribution in [2.24, 2.45) is 0 Å². The van der Waals surface area contributed by atoms with E-state index in [0.717, 1.165) is 17.0 Å². The van der Waals surface area contributed by atoms with Crippen LogP contribution in [0.5, 0.6) is 0 Å². The first-order valence-electron chi connectivity index (χ1n) is 6.56. The van der Waals surface area contributed by atoms with E-state index in [1.807, 2.05) is 0 Å². The number of ether oxygens (including phenoxy) is 2. The van der Waals surface area contributed by atoms with Gasteiger partial charge >= 0.3 is 17.8 Å². The second-order valence-corrected chi connectivity index (χ2v) is 4.33. The first-order chi connectivity index (χ1) is 10.8. The number of esters is 2. The highest BCUT2D eigenvalue weighted by Gasteiger charge is 2.21. The van der Waals surface area contributed by atoms with Gasteiger partial charge in [-0.15, -0.1) is 0 Å². The molecule has 0 aliphatic rings. The maximum Gasteiger partial charge on any atom is 0.343 e. The lowest BCUT2D eigenvalue weighted by Crippen LogP contribution is -2.18. The van der Waals surface area contributed by atoms with Crippen LogP contribution < -0.4 is 0 Å². The normalized spacial score (nSPS) is 11.1. The minimum atomic E-state index is -0.661. The quantitative estimate of drug-likeness (QED) is 0.160. The SMILES string of the molecule is CC(=O)OCCn1c([N+](=O)[O-])cnc1C=[N+]([O-])CCOC(C)=O. The Balaban J connectivity index is 2.85. The fourth-order valence-electron chi connectivity index (χ4n) is 1.61. The number of hydroxylamine groups is 1. The van der Waals surface area contributed by atoms with E-state index in [1.54, 1.807) is 0 Å². The van der Waals surface area contributed by atoms with Crippen molar-refractivity contribution in [3.8, 4) is 0 Å². The van der Waals surface area contributed by atoms with Crippen LogP contribution in [0.15, 0.2) is 6.20 Å². The summed E-state index contributed by atoms with van der Waals surface area (Å²) < 4.78 is 10.9. The molecule has 0 radical (unpaired) electrons. The van der Waals surface area contributed by atoms with Crippen LogP contribution in [0.4, 0.5) is 5.82 Å². The highest BCUT2D eigenvalue weighted by atomic mass is 16.6. The van der Waals surface area contributed by atoms with Gasteiger partial charge < -0.3 is 24.8 Å². The predicted octanol–water partition coefficient (Wildman–Crippen LogP) is -0.153.